The highest BCUT2D eigenvalue weighted by Crippen LogP contribution is 2.48. The number of hydrogen-bond donors (Lipinski definition) is 0. The molecule has 0 atom stereocenters. The standard InChI is InChI=1S/C19H21ClN4OS/c20-15-6-7-19-17(14-15)24(16-4-1-2-5-18(16)26-19)9-3-8-22-10-12-23(21-25)13-11-22/h1-2,4-7,14H,3,8-13H2. The van der Waals surface area contributed by atoms with E-state index >= 15 is 0 Å². The topological polar surface area (TPSA) is 39.2 Å². The Balaban J connectivity index is 1.46. The summed E-state index contributed by atoms with van der Waals surface area (Å²) in [5.41, 5.74) is 2.44. The van der Waals surface area contributed by atoms with Crippen LogP contribution in [0, 0.1) is 4.91 Å². The third-order valence-electron chi connectivity index (χ3n) is 4.91. The maximum atomic E-state index is 10.6. The largest absolute Gasteiger partial charge is 0.340 e. The number of anilines is 2. The molecular weight excluding hydrogens is 368 g/mol. The molecule has 2 aromatic carbocycles. The lowest BCUT2D eigenvalue weighted by Gasteiger charge is -2.35. The summed E-state index contributed by atoms with van der Waals surface area (Å²) in [5, 5.41) is 5.40. The lowest BCUT2D eigenvalue weighted by atomic mass is 10.2. The van der Waals surface area contributed by atoms with Crippen LogP contribution in [0.3, 0.4) is 0 Å². The molecule has 7 heteroatoms. The van der Waals surface area contributed by atoms with Crippen molar-refractivity contribution in [2.45, 2.75) is 16.2 Å². The normalized spacial score (nSPS) is 17.0. The molecule has 2 aromatic rings. The van der Waals surface area contributed by atoms with Crippen molar-refractivity contribution in [2.24, 2.45) is 5.29 Å². The Morgan fingerprint density at radius 2 is 1.73 bits per heavy atom. The van der Waals surface area contributed by atoms with Crippen LogP contribution in [0.15, 0.2) is 57.5 Å². The molecule has 1 saturated heterocycles. The van der Waals surface area contributed by atoms with Gasteiger partial charge in [0.05, 0.1) is 29.8 Å². The number of para-hydroxylation sites is 1. The average Bonchev–Trinajstić information content (AvgIpc) is 2.68. The maximum Gasteiger partial charge on any atom is 0.0567 e. The number of benzene rings is 2. The SMILES string of the molecule is O=NN1CCN(CCCN2c3ccccc3Sc3ccc(Cl)cc32)CC1. The van der Waals surface area contributed by atoms with E-state index in [2.05, 4.69) is 51.5 Å². The first-order valence-electron chi connectivity index (χ1n) is 8.89. The summed E-state index contributed by atoms with van der Waals surface area (Å²) in [4.78, 5) is 17.9. The zero-order chi connectivity index (χ0) is 17.9. The van der Waals surface area contributed by atoms with E-state index < -0.39 is 0 Å². The molecule has 2 heterocycles. The van der Waals surface area contributed by atoms with Gasteiger partial charge >= 0.3 is 0 Å². The number of hydrogen-bond acceptors (Lipinski definition) is 5. The quantitative estimate of drug-likeness (QED) is 0.698. The second kappa shape index (κ2) is 7.86. The van der Waals surface area contributed by atoms with Crippen molar-refractivity contribution < 1.29 is 0 Å². The van der Waals surface area contributed by atoms with E-state index in [0.717, 1.165) is 50.7 Å². The first kappa shape index (κ1) is 17.6. The molecule has 0 aromatic heterocycles. The molecule has 136 valence electrons. The van der Waals surface area contributed by atoms with Crippen LogP contribution >= 0.6 is 23.4 Å². The molecule has 0 unspecified atom stereocenters. The summed E-state index contributed by atoms with van der Waals surface area (Å²) >= 11 is 8.07. The van der Waals surface area contributed by atoms with Gasteiger partial charge in [0, 0.05) is 34.4 Å². The number of nitrogens with zero attached hydrogens (tertiary/aromatic N) is 4. The molecule has 26 heavy (non-hydrogen) atoms. The van der Waals surface area contributed by atoms with Gasteiger partial charge in [-0.3, -0.25) is 9.91 Å². The van der Waals surface area contributed by atoms with Crippen molar-refractivity contribution in [3.05, 3.63) is 52.4 Å². The number of rotatable bonds is 5. The van der Waals surface area contributed by atoms with Crippen LogP contribution in [-0.4, -0.2) is 49.2 Å². The van der Waals surface area contributed by atoms with Gasteiger partial charge in [-0.2, -0.15) is 0 Å². The van der Waals surface area contributed by atoms with Gasteiger partial charge in [0.2, 0.25) is 0 Å². The Kier molecular flexibility index (Phi) is 5.33. The van der Waals surface area contributed by atoms with E-state index in [1.54, 1.807) is 16.8 Å². The van der Waals surface area contributed by atoms with Gasteiger partial charge < -0.3 is 4.90 Å². The van der Waals surface area contributed by atoms with Crippen molar-refractivity contribution >= 4 is 34.7 Å². The van der Waals surface area contributed by atoms with Crippen molar-refractivity contribution in [1.29, 1.82) is 0 Å². The number of piperazine rings is 1. The summed E-state index contributed by atoms with van der Waals surface area (Å²) in [7, 11) is 0. The molecule has 2 aliphatic heterocycles. The van der Waals surface area contributed by atoms with Crippen molar-refractivity contribution in [3.63, 3.8) is 0 Å². The van der Waals surface area contributed by atoms with E-state index in [9.17, 15) is 4.91 Å². The first-order chi connectivity index (χ1) is 12.7. The Bertz CT molecular complexity index is 795. The predicted octanol–water partition coefficient (Wildman–Crippen LogP) is 4.63. The molecule has 0 spiro atoms. The van der Waals surface area contributed by atoms with Crippen LogP contribution < -0.4 is 4.90 Å². The van der Waals surface area contributed by atoms with Gasteiger partial charge in [-0.15, -0.1) is 4.91 Å². The first-order valence-corrected chi connectivity index (χ1v) is 10.1. The highest BCUT2D eigenvalue weighted by molar-refractivity contribution is 7.99. The molecule has 0 bridgehead atoms. The summed E-state index contributed by atoms with van der Waals surface area (Å²) < 4.78 is 0. The minimum Gasteiger partial charge on any atom is -0.340 e. The van der Waals surface area contributed by atoms with E-state index in [0.29, 0.717) is 0 Å². The second-order valence-electron chi connectivity index (χ2n) is 6.56. The fourth-order valence-corrected chi connectivity index (χ4v) is 4.78. The third kappa shape index (κ3) is 3.68. The van der Waals surface area contributed by atoms with E-state index in [-0.39, 0.29) is 0 Å². The smallest absolute Gasteiger partial charge is 0.0567 e. The molecule has 2 aliphatic rings. The summed E-state index contributed by atoms with van der Waals surface area (Å²) in [5.74, 6) is 0. The van der Waals surface area contributed by atoms with Gasteiger partial charge in [0.25, 0.3) is 0 Å². The highest BCUT2D eigenvalue weighted by atomic mass is 35.5. The van der Waals surface area contributed by atoms with Gasteiger partial charge in [-0.1, -0.05) is 35.5 Å². The van der Waals surface area contributed by atoms with Crippen LogP contribution in [0.4, 0.5) is 11.4 Å². The molecule has 0 radical (unpaired) electrons. The van der Waals surface area contributed by atoms with Gasteiger partial charge in [-0.25, -0.2) is 0 Å². The fraction of sp³-hybridized carbons (Fsp3) is 0.368. The average molecular weight is 389 g/mol. The summed E-state index contributed by atoms with van der Waals surface area (Å²) in [6, 6.07) is 14.7. The van der Waals surface area contributed by atoms with E-state index in [1.165, 1.54) is 21.2 Å². The number of halogens is 1. The zero-order valence-corrected chi connectivity index (χ0v) is 16.0. The van der Waals surface area contributed by atoms with E-state index in [1.807, 2.05) is 6.07 Å². The summed E-state index contributed by atoms with van der Waals surface area (Å²) in [6.07, 6.45) is 1.06. The van der Waals surface area contributed by atoms with Crippen LogP contribution in [-0.2, 0) is 0 Å². The van der Waals surface area contributed by atoms with Crippen LogP contribution in [0.5, 0.6) is 0 Å². The van der Waals surface area contributed by atoms with Crippen LogP contribution in [0.1, 0.15) is 6.42 Å². The van der Waals surface area contributed by atoms with Gasteiger partial charge in [-0.05, 0) is 43.3 Å². The number of fused-ring (bicyclic) bond motifs is 2. The Hall–Kier alpha value is -1.76. The lowest BCUT2D eigenvalue weighted by Crippen LogP contribution is -2.44. The van der Waals surface area contributed by atoms with Gasteiger partial charge in [0.15, 0.2) is 0 Å². The number of nitroso groups, excluding NO2 is 1. The molecule has 1 fully saturated rings. The fourth-order valence-electron chi connectivity index (χ4n) is 3.54. The molecule has 4 rings (SSSR count). The third-order valence-corrected chi connectivity index (χ3v) is 6.27. The highest BCUT2D eigenvalue weighted by Gasteiger charge is 2.23. The second-order valence-corrected chi connectivity index (χ2v) is 8.08. The molecular formula is C19H21ClN4OS. The predicted molar refractivity (Wildman–Crippen MR) is 107 cm³/mol. The molecule has 0 N–H and O–H groups in total. The maximum absolute atomic E-state index is 10.6. The molecule has 5 nitrogen and oxygen atoms in total. The summed E-state index contributed by atoms with van der Waals surface area (Å²) in [6.45, 7) is 5.23. The van der Waals surface area contributed by atoms with Crippen molar-refractivity contribution in [2.75, 3.05) is 44.2 Å². The minimum atomic E-state index is 0.727. The van der Waals surface area contributed by atoms with Crippen molar-refractivity contribution in [3.8, 4) is 0 Å². The lowest BCUT2D eigenvalue weighted by molar-refractivity contribution is 0.134. The Morgan fingerprint density at radius 1 is 0.962 bits per heavy atom. The molecule has 0 amide bonds. The Labute approximate surface area is 162 Å². The molecule has 0 saturated carbocycles. The van der Waals surface area contributed by atoms with Crippen LogP contribution in [0.2, 0.25) is 5.02 Å². The Morgan fingerprint density at radius 3 is 2.54 bits per heavy atom. The zero-order valence-electron chi connectivity index (χ0n) is 14.5. The van der Waals surface area contributed by atoms with Gasteiger partial charge in [0.1, 0.15) is 0 Å². The monoisotopic (exact) mass is 388 g/mol. The van der Waals surface area contributed by atoms with Crippen molar-refractivity contribution in [1.82, 2.24) is 9.91 Å². The minimum absolute atomic E-state index is 0.727. The molecule has 0 aliphatic carbocycles. The van der Waals surface area contributed by atoms with Crippen LogP contribution in [0.25, 0.3) is 0 Å². The van der Waals surface area contributed by atoms with E-state index in [4.69, 9.17) is 11.6 Å².